The standard InChI is InChI=1S/C25H22N4O2S/c1-29-23(16-18-8-4-2-5-9-18)27-28-25(29)32-17-22(30)19-12-14-21(15-13-19)26-24(31)20-10-6-3-7-11-20/h2-15H,16-17H2,1H3,(H,26,31). The number of amides is 1. The lowest BCUT2D eigenvalue weighted by molar-refractivity contribution is 0.101. The summed E-state index contributed by atoms with van der Waals surface area (Å²) >= 11 is 1.36. The van der Waals surface area contributed by atoms with Gasteiger partial charge in [-0.05, 0) is 42.0 Å². The second-order valence-corrected chi connectivity index (χ2v) is 8.17. The van der Waals surface area contributed by atoms with Crippen LogP contribution in [-0.2, 0) is 13.5 Å². The molecule has 1 heterocycles. The van der Waals surface area contributed by atoms with Gasteiger partial charge in [0, 0.05) is 30.3 Å². The topological polar surface area (TPSA) is 76.9 Å². The minimum atomic E-state index is -0.186. The minimum absolute atomic E-state index is 0.0106. The Hall–Kier alpha value is -3.71. The van der Waals surface area contributed by atoms with E-state index in [0.29, 0.717) is 28.4 Å². The van der Waals surface area contributed by atoms with Gasteiger partial charge in [0.1, 0.15) is 5.82 Å². The first kappa shape index (κ1) is 21.5. The first-order valence-electron chi connectivity index (χ1n) is 10.1. The van der Waals surface area contributed by atoms with Gasteiger partial charge in [-0.25, -0.2) is 0 Å². The van der Waals surface area contributed by atoms with E-state index in [4.69, 9.17) is 0 Å². The largest absolute Gasteiger partial charge is 0.322 e. The lowest BCUT2D eigenvalue weighted by Gasteiger charge is -2.07. The van der Waals surface area contributed by atoms with Gasteiger partial charge < -0.3 is 9.88 Å². The number of thioether (sulfide) groups is 1. The summed E-state index contributed by atoms with van der Waals surface area (Å²) in [4.78, 5) is 24.9. The normalized spacial score (nSPS) is 10.7. The number of carbonyl (C=O) groups is 2. The molecule has 1 amide bonds. The summed E-state index contributed by atoms with van der Waals surface area (Å²) in [5.74, 6) is 0.912. The van der Waals surface area contributed by atoms with Crippen molar-refractivity contribution in [2.24, 2.45) is 7.05 Å². The summed E-state index contributed by atoms with van der Waals surface area (Å²) < 4.78 is 1.92. The highest BCUT2D eigenvalue weighted by Crippen LogP contribution is 2.20. The van der Waals surface area contributed by atoms with Gasteiger partial charge >= 0.3 is 0 Å². The molecule has 0 aliphatic rings. The fourth-order valence-electron chi connectivity index (χ4n) is 3.15. The average Bonchev–Trinajstić information content (AvgIpc) is 3.18. The predicted molar refractivity (Wildman–Crippen MR) is 126 cm³/mol. The second-order valence-electron chi connectivity index (χ2n) is 7.23. The van der Waals surface area contributed by atoms with Gasteiger partial charge in [0.05, 0.1) is 5.75 Å². The lowest BCUT2D eigenvalue weighted by atomic mass is 10.1. The van der Waals surface area contributed by atoms with E-state index < -0.39 is 0 Å². The monoisotopic (exact) mass is 442 g/mol. The third-order valence-corrected chi connectivity index (χ3v) is 5.98. The summed E-state index contributed by atoms with van der Waals surface area (Å²) in [6, 6.07) is 26.0. The van der Waals surface area contributed by atoms with E-state index in [2.05, 4.69) is 27.6 Å². The van der Waals surface area contributed by atoms with Crippen LogP contribution < -0.4 is 5.32 Å². The zero-order valence-electron chi connectivity index (χ0n) is 17.6. The molecule has 0 fully saturated rings. The molecule has 0 atom stereocenters. The van der Waals surface area contributed by atoms with Crippen LogP contribution in [-0.4, -0.2) is 32.2 Å². The number of ketones is 1. The zero-order valence-corrected chi connectivity index (χ0v) is 18.4. The van der Waals surface area contributed by atoms with Crippen LogP contribution in [0.25, 0.3) is 0 Å². The van der Waals surface area contributed by atoms with E-state index in [-0.39, 0.29) is 17.4 Å². The first-order chi connectivity index (χ1) is 15.6. The van der Waals surface area contributed by atoms with Crippen LogP contribution in [0.5, 0.6) is 0 Å². The van der Waals surface area contributed by atoms with E-state index in [1.165, 1.54) is 11.8 Å². The number of Topliss-reactive ketones (excluding diaryl/α,β-unsaturated/α-hetero) is 1. The summed E-state index contributed by atoms with van der Waals surface area (Å²) in [6.45, 7) is 0. The number of anilines is 1. The number of hydrogen-bond donors (Lipinski definition) is 1. The third kappa shape index (κ3) is 5.31. The van der Waals surface area contributed by atoms with Gasteiger partial charge in [-0.2, -0.15) is 0 Å². The Morgan fingerprint density at radius 2 is 1.50 bits per heavy atom. The Bertz CT molecular complexity index is 1210. The molecular weight excluding hydrogens is 420 g/mol. The quantitative estimate of drug-likeness (QED) is 0.318. The molecule has 0 spiro atoms. The number of nitrogens with one attached hydrogen (secondary N) is 1. The smallest absolute Gasteiger partial charge is 0.255 e. The Morgan fingerprint density at radius 3 is 2.19 bits per heavy atom. The molecule has 32 heavy (non-hydrogen) atoms. The highest BCUT2D eigenvalue weighted by atomic mass is 32.2. The van der Waals surface area contributed by atoms with Crippen molar-refractivity contribution in [1.29, 1.82) is 0 Å². The molecule has 0 aliphatic carbocycles. The third-order valence-electron chi connectivity index (χ3n) is 4.96. The molecule has 1 aromatic heterocycles. The summed E-state index contributed by atoms with van der Waals surface area (Å²) in [7, 11) is 1.91. The van der Waals surface area contributed by atoms with Crippen molar-refractivity contribution in [2.45, 2.75) is 11.6 Å². The molecule has 4 aromatic rings. The molecule has 0 aliphatic heterocycles. The van der Waals surface area contributed by atoms with Crippen LogP contribution in [0.4, 0.5) is 5.69 Å². The first-order valence-corrected chi connectivity index (χ1v) is 11.1. The summed E-state index contributed by atoms with van der Waals surface area (Å²) in [5, 5.41) is 12.0. The molecule has 4 rings (SSSR count). The molecule has 0 bridgehead atoms. The Labute approximate surface area is 190 Å². The van der Waals surface area contributed by atoms with E-state index >= 15 is 0 Å². The van der Waals surface area contributed by atoms with Gasteiger partial charge in [0.15, 0.2) is 10.9 Å². The molecule has 0 radical (unpaired) electrons. The summed E-state index contributed by atoms with van der Waals surface area (Å²) in [6.07, 6.45) is 0.689. The summed E-state index contributed by atoms with van der Waals surface area (Å²) in [5.41, 5.74) is 2.97. The number of aromatic nitrogens is 3. The van der Waals surface area contributed by atoms with Crippen molar-refractivity contribution < 1.29 is 9.59 Å². The van der Waals surface area contributed by atoms with Crippen molar-refractivity contribution in [1.82, 2.24) is 14.8 Å². The van der Waals surface area contributed by atoms with Crippen LogP contribution in [0.15, 0.2) is 90.1 Å². The van der Waals surface area contributed by atoms with E-state index in [1.54, 1.807) is 36.4 Å². The maximum absolute atomic E-state index is 12.6. The molecule has 7 heteroatoms. The maximum atomic E-state index is 12.6. The number of carbonyl (C=O) groups excluding carboxylic acids is 2. The van der Waals surface area contributed by atoms with Crippen LogP contribution in [0.1, 0.15) is 32.1 Å². The predicted octanol–water partition coefficient (Wildman–Crippen LogP) is 4.63. The van der Waals surface area contributed by atoms with Crippen molar-refractivity contribution in [2.75, 3.05) is 11.1 Å². The number of hydrogen-bond acceptors (Lipinski definition) is 5. The Morgan fingerprint density at radius 1 is 0.844 bits per heavy atom. The van der Waals surface area contributed by atoms with Gasteiger partial charge in [-0.15, -0.1) is 10.2 Å². The van der Waals surface area contributed by atoms with Gasteiger partial charge in [0.25, 0.3) is 5.91 Å². The van der Waals surface area contributed by atoms with Crippen LogP contribution in [0.3, 0.4) is 0 Å². The molecule has 1 N–H and O–H groups in total. The molecule has 0 saturated carbocycles. The van der Waals surface area contributed by atoms with E-state index in [0.717, 1.165) is 11.4 Å². The zero-order chi connectivity index (χ0) is 22.3. The highest BCUT2D eigenvalue weighted by molar-refractivity contribution is 7.99. The van der Waals surface area contributed by atoms with E-state index in [1.807, 2.05) is 48.0 Å². The number of rotatable bonds is 8. The van der Waals surface area contributed by atoms with Crippen molar-refractivity contribution in [3.63, 3.8) is 0 Å². The maximum Gasteiger partial charge on any atom is 0.255 e. The van der Waals surface area contributed by atoms with E-state index in [9.17, 15) is 9.59 Å². The van der Waals surface area contributed by atoms with Gasteiger partial charge in [-0.3, -0.25) is 9.59 Å². The Balaban J connectivity index is 1.33. The highest BCUT2D eigenvalue weighted by Gasteiger charge is 2.13. The van der Waals surface area contributed by atoms with Crippen molar-refractivity contribution in [3.05, 3.63) is 107 Å². The molecule has 0 unspecified atom stereocenters. The van der Waals surface area contributed by atoms with Crippen molar-refractivity contribution >= 4 is 29.1 Å². The SMILES string of the molecule is Cn1c(Cc2ccccc2)nnc1SCC(=O)c1ccc(NC(=O)c2ccccc2)cc1. The Kier molecular flexibility index (Phi) is 6.77. The van der Waals surface area contributed by atoms with Crippen LogP contribution in [0.2, 0.25) is 0 Å². The van der Waals surface area contributed by atoms with Crippen molar-refractivity contribution in [3.8, 4) is 0 Å². The lowest BCUT2D eigenvalue weighted by Crippen LogP contribution is -2.12. The second kappa shape index (κ2) is 10.1. The fraction of sp³-hybridized carbons (Fsp3) is 0.120. The van der Waals surface area contributed by atoms with Crippen LogP contribution in [0, 0.1) is 0 Å². The van der Waals surface area contributed by atoms with Gasteiger partial charge in [-0.1, -0.05) is 60.3 Å². The number of nitrogens with zero attached hydrogens (tertiary/aromatic N) is 3. The minimum Gasteiger partial charge on any atom is -0.322 e. The molecule has 160 valence electrons. The molecule has 3 aromatic carbocycles. The number of benzene rings is 3. The molecule has 6 nitrogen and oxygen atoms in total. The fourth-order valence-corrected chi connectivity index (χ4v) is 3.97. The average molecular weight is 443 g/mol. The molecular formula is C25H22N4O2S. The van der Waals surface area contributed by atoms with Gasteiger partial charge in [0.2, 0.25) is 0 Å². The van der Waals surface area contributed by atoms with Crippen LogP contribution >= 0.6 is 11.8 Å². The molecule has 0 saturated heterocycles.